The largest absolute Gasteiger partial charge is 0.311 e. The highest BCUT2D eigenvalue weighted by molar-refractivity contribution is 7.89. The van der Waals surface area contributed by atoms with E-state index in [2.05, 4.69) is 5.92 Å². The number of sulfonamides is 1. The highest BCUT2D eigenvalue weighted by Crippen LogP contribution is 2.24. The number of hydrogen-bond acceptors (Lipinski definition) is 3. The minimum Gasteiger partial charge on any atom is -0.311 e. The van der Waals surface area contributed by atoms with E-state index in [4.69, 9.17) is 11.6 Å². The lowest BCUT2D eigenvalue weighted by Crippen LogP contribution is -2.32. The highest BCUT2D eigenvalue weighted by Gasteiger charge is 2.37. The van der Waals surface area contributed by atoms with Gasteiger partial charge in [-0.1, -0.05) is 12.0 Å². The Morgan fingerprint density at radius 3 is 2.72 bits per heavy atom. The van der Waals surface area contributed by atoms with Crippen LogP contribution in [0.2, 0.25) is 0 Å². The van der Waals surface area contributed by atoms with E-state index < -0.39 is 15.3 Å². The molecule has 1 aromatic rings. The Balaban J connectivity index is 2.30. The number of terminal acetylenes is 1. The van der Waals surface area contributed by atoms with Gasteiger partial charge >= 0.3 is 0 Å². The van der Waals surface area contributed by atoms with E-state index in [0.717, 1.165) is 0 Å². The zero-order valence-corrected chi connectivity index (χ0v) is 10.4. The standard InChI is InChI=1S/C12H12N2O3S/c1-2-9-4-3-5-10(6-9)14-8-11(7-12(14)15)18(13,16)17/h1,3-6,11H,7-8H2,(H2,13,16,17). The third-order valence-corrected chi connectivity index (χ3v) is 4.12. The highest BCUT2D eigenvalue weighted by atomic mass is 32.2. The number of carbonyl (C=O) groups is 1. The van der Waals surface area contributed by atoms with Gasteiger partial charge in [0.1, 0.15) is 5.25 Å². The van der Waals surface area contributed by atoms with E-state index in [0.29, 0.717) is 11.3 Å². The van der Waals surface area contributed by atoms with Crippen molar-refractivity contribution in [2.24, 2.45) is 5.14 Å². The molecule has 94 valence electrons. The lowest BCUT2D eigenvalue weighted by molar-refractivity contribution is -0.117. The second-order valence-electron chi connectivity index (χ2n) is 4.11. The van der Waals surface area contributed by atoms with Gasteiger partial charge in [-0.15, -0.1) is 6.42 Å². The zero-order valence-electron chi connectivity index (χ0n) is 9.54. The zero-order chi connectivity index (χ0) is 13.3. The van der Waals surface area contributed by atoms with Gasteiger partial charge in [-0.25, -0.2) is 13.6 Å². The normalized spacial score (nSPS) is 19.9. The molecule has 18 heavy (non-hydrogen) atoms. The van der Waals surface area contributed by atoms with Gasteiger partial charge in [0.05, 0.1) is 0 Å². The van der Waals surface area contributed by atoms with Crippen LogP contribution in [0, 0.1) is 12.3 Å². The minimum atomic E-state index is -3.69. The van der Waals surface area contributed by atoms with Crippen LogP contribution >= 0.6 is 0 Å². The van der Waals surface area contributed by atoms with Gasteiger partial charge in [0, 0.05) is 24.2 Å². The van der Waals surface area contributed by atoms with E-state index in [9.17, 15) is 13.2 Å². The summed E-state index contributed by atoms with van der Waals surface area (Å²) in [7, 11) is -3.69. The van der Waals surface area contributed by atoms with Gasteiger partial charge in [0.2, 0.25) is 15.9 Å². The van der Waals surface area contributed by atoms with Gasteiger partial charge < -0.3 is 4.90 Å². The molecule has 0 radical (unpaired) electrons. The average Bonchev–Trinajstić information content (AvgIpc) is 2.71. The van der Waals surface area contributed by atoms with Crippen LogP contribution in [0.1, 0.15) is 12.0 Å². The Bertz CT molecular complexity index is 631. The predicted molar refractivity (Wildman–Crippen MR) is 68.2 cm³/mol. The first-order valence-corrected chi connectivity index (χ1v) is 6.91. The molecule has 1 fully saturated rings. The number of nitrogens with two attached hydrogens (primary N) is 1. The molecule has 5 nitrogen and oxygen atoms in total. The fourth-order valence-corrected chi connectivity index (χ4v) is 2.64. The molecule has 0 aliphatic carbocycles. The second-order valence-corrected chi connectivity index (χ2v) is 5.96. The van der Waals surface area contributed by atoms with Crippen LogP contribution in [0.3, 0.4) is 0 Å². The molecular weight excluding hydrogens is 252 g/mol. The molecule has 0 spiro atoms. The van der Waals surface area contributed by atoms with E-state index >= 15 is 0 Å². The summed E-state index contributed by atoms with van der Waals surface area (Å²) in [6.45, 7) is 0.0751. The van der Waals surface area contributed by atoms with E-state index in [1.807, 2.05) is 0 Å². The quantitative estimate of drug-likeness (QED) is 0.767. The molecule has 1 aliphatic heterocycles. The van der Waals surface area contributed by atoms with Crippen LogP contribution in [-0.2, 0) is 14.8 Å². The van der Waals surface area contributed by atoms with Crippen molar-refractivity contribution in [3.8, 4) is 12.3 Å². The molecule has 0 saturated carbocycles. The van der Waals surface area contributed by atoms with Crippen LogP contribution in [0.4, 0.5) is 5.69 Å². The molecule has 1 heterocycles. The summed E-state index contributed by atoms with van der Waals surface area (Å²) < 4.78 is 22.5. The van der Waals surface area contributed by atoms with Gasteiger partial charge in [0.15, 0.2) is 0 Å². The molecule has 0 bridgehead atoms. The van der Waals surface area contributed by atoms with Crippen molar-refractivity contribution in [1.29, 1.82) is 0 Å². The second kappa shape index (κ2) is 4.44. The summed E-state index contributed by atoms with van der Waals surface area (Å²) in [5.41, 5.74) is 1.24. The van der Waals surface area contributed by atoms with Gasteiger partial charge in [-0.2, -0.15) is 0 Å². The van der Waals surface area contributed by atoms with Crippen LogP contribution in [0.15, 0.2) is 24.3 Å². The molecule has 1 atom stereocenters. The minimum absolute atomic E-state index is 0.0751. The number of carbonyl (C=O) groups excluding carboxylic acids is 1. The number of nitrogens with zero attached hydrogens (tertiary/aromatic N) is 1. The topological polar surface area (TPSA) is 80.5 Å². The summed E-state index contributed by atoms with van der Waals surface area (Å²) in [5, 5.41) is 4.21. The molecule has 1 saturated heterocycles. The average molecular weight is 264 g/mol. The Labute approximate surface area is 106 Å². The van der Waals surface area contributed by atoms with Crippen molar-refractivity contribution in [3.63, 3.8) is 0 Å². The Morgan fingerprint density at radius 1 is 1.44 bits per heavy atom. The van der Waals surface area contributed by atoms with E-state index in [-0.39, 0.29) is 18.9 Å². The maximum absolute atomic E-state index is 11.8. The van der Waals surface area contributed by atoms with Gasteiger partial charge in [-0.3, -0.25) is 4.79 Å². The van der Waals surface area contributed by atoms with E-state index in [1.54, 1.807) is 24.3 Å². The molecule has 2 rings (SSSR count). The van der Waals surface area contributed by atoms with Gasteiger partial charge in [-0.05, 0) is 18.2 Å². The molecular formula is C12H12N2O3S. The SMILES string of the molecule is C#Cc1cccc(N2CC(S(N)(=O)=O)CC2=O)c1. The van der Waals surface area contributed by atoms with Crippen molar-refractivity contribution in [1.82, 2.24) is 0 Å². The molecule has 0 aromatic heterocycles. The summed E-state index contributed by atoms with van der Waals surface area (Å²) in [6, 6.07) is 6.84. The lowest BCUT2D eigenvalue weighted by atomic mass is 10.2. The fraction of sp³-hybridized carbons (Fsp3) is 0.250. The third kappa shape index (κ3) is 2.37. The Morgan fingerprint density at radius 2 is 2.17 bits per heavy atom. The van der Waals surface area contributed by atoms with Crippen LogP contribution in [0.5, 0.6) is 0 Å². The number of benzene rings is 1. The first-order valence-electron chi connectivity index (χ1n) is 5.30. The van der Waals surface area contributed by atoms with Crippen LogP contribution in [-0.4, -0.2) is 26.1 Å². The number of amides is 1. The number of hydrogen-bond donors (Lipinski definition) is 1. The number of primary sulfonamides is 1. The third-order valence-electron chi connectivity index (χ3n) is 2.88. The number of anilines is 1. The van der Waals surface area contributed by atoms with Crippen molar-refractivity contribution in [2.75, 3.05) is 11.4 Å². The summed E-state index contributed by atoms with van der Waals surface area (Å²) in [4.78, 5) is 13.2. The molecule has 1 unspecified atom stereocenters. The van der Waals surface area contributed by atoms with Crippen molar-refractivity contribution < 1.29 is 13.2 Å². The first kappa shape index (κ1) is 12.6. The Kier molecular flexibility index (Phi) is 3.11. The Hall–Kier alpha value is -1.84. The smallest absolute Gasteiger partial charge is 0.228 e. The van der Waals surface area contributed by atoms with Crippen molar-refractivity contribution in [2.45, 2.75) is 11.7 Å². The van der Waals surface area contributed by atoms with Crippen molar-refractivity contribution in [3.05, 3.63) is 29.8 Å². The first-order chi connectivity index (χ1) is 8.41. The molecule has 6 heteroatoms. The maximum atomic E-state index is 11.8. The summed E-state index contributed by atoms with van der Waals surface area (Å²) in [6.07, 6.45) is 5.20. The maximum Gasteiger partial charge on any atom is 0.228 e. The molecule has 1 aliphatic rings. The molecule has 1 amide bonds. The van der Waals surface area contributed by atoms with Gasteiger partial charge in [0.25, 0.3) is 0 Å². The molecule has 2 N–H and O–H groups in total. The molecule has 1 aromatic carbocycles. The van der Waals surface area contributed by atoms with Crippen LogP contribution < -0.4 is 10.0 Å². The van der Waals surface area contributed by atoms with Crippen LogP contribution in [0.25, 0.3) is 0 Å². The summed E-state index contributed by atoms with van der Waals surface area (Å²) in [5.74, 6) is 2.21. The number of rotatable bonds is 2. The lowest BCUT2D eigenvalue weighted by Gasteiger charge is -2.16. The summed E-state index contributed by atoms with van der Waals surface area (Å²) >= 11 is 0. The predicted octanol–water partition coefficient (Wildman–Crippen LogP) is 0.0617. The monoisotopic (exact) mass is 264 g/mol. The van der Waals surface area contributed by atoms with Crippen molar-refractivity contribution >= 4 is 21.6 Å². The van der Waals surface area contributed by atoms with E-state index in [1.165, 1.54) is 4.90 Å². The fourth-order valence-electron chi connectivity index (χ4n) is 1.91.